The highest BCUT2D eigenvalue weighted by atomic mass is 32.2. The van der Waals surface area contributed by atoms with E-state index in [-0.39, 0.29) is 5.69 Å². The lowest BCUT2D eigenvalue weighted by Gasteiger charge is -2.27. The molecule has 0 amide bonds. The fraction of sp³-hybridized carbons (Fsp3) is 0.364. The first-order valence-corrected chi connectivity index (χ1v) is 6.75. The van der Waals surface area contributed by atoms with Crippen LogP contribution >= 0.6 is 0 Å². The molecule has 0 aromatic heterocycles. The number of hydrogen-bond donors (Lipinski definition) is 2. The van der Waals surface area contributed by atoms with E-state index in [1.165, 1.54) is 0 Å². The van der Waals surface area contributed by atoms with E-state index in [2.05, 4.69) is 5.32 Å². The summed E-state index contributed by atoms with van der Waals surface area (Å²) in [6, 6.07) is 3.32. The van der Waals surface area contributed by atoms with Crippen LogP contribution in [0.1, 0.15) is 0 Å². The Balaban J connectivity index is 3.14. The van der Waals surface area contributed by atoms with Gasteiger partial charge in [0.15, 0.2) is 0 Å². The van der Waals surface area contributed by atoms with Crippen molar-refractivity contribution in [2.45, 2.75) is 22.2 Å². The van der Waals surface area contributed by atoms with Gasteiger partial charge in [-0.2, -0.15) is 30.7 Å². The summed E-state index contributed by atoms with van der Waals surface area (Å²) >= 11 is 0. The minimum atomic E-state index is -6.59. The van der Waals surface area contributed by atoms with Crippen LogP contribution in [0.4, 0.5) is 36.4 Å². The Morgan fingerprint density at radius 2 is 1.70 bits per heavy atom. The lowest BCUT2D eigenvalue weighted by atomic mass is 10.3. The van der Waals surface area contributed by atoms with Gasteiger partial charge in [-0.3, -0.25) is 4.79 Å². The minimum Gasteiger partial charge on any atom is -0.480 e. The standard InChI is InChI=1S/C11H8F7NO3S/c12-9(13,10(14,15)16)11(17,18)23(22)7-3-1-2-6(4-7)19-5-8(20)21/h1-4,19H,5H2,(H,20,21). The summed E-state index contributed by atoms with van der Waals surface area (Å²) in [5.74, 6) is -7.85. The average molecular weight is 367 g/mol. The molecule has 1 rings (SSSR count). The topological polar surface area (TPSA) is 66.4 Å². The summed E-state index contributed by atoms with van der Waals surface area (Å²) in [6.45, 7) is -0.675. The molecule has 1 unspecified atom stereocenters. The number of alkyl halides is 7. The number of carbonyl (C=O) groups is 1. The number of rotatable bonds is 6. The van der Waals surface area contributed by atoms with Crippen LogP contribution in [0.25, 0.3) is 0 Å². The van der Waals surface area contributed by atoms with Crippen LogP contribution in [0.5, 0.6) is 0 Å². The van der Waals surface area contributed by atoms with Gasteiger partial charge >= 0.3 is 23.3 Å². The zero-order chi connectivity index (χ0) is 18.1. The van der Waals surface area contributed by atoms with Crippen LogP contribution in [0, 0.1) is 0 Å². The van der Waals surface area contributed by atoms with Gasteiger partial charge in [-0.25, -0.2) is 4.21 Å². The Hall–Kier alpha value is -1.85. The summed E-state index contributed by atoms with van der Waals surface area (Å²) in [4.78, 5) is 9.31. The van der Waals surface area contributed by atoms with Crippen LogP contribution in [-0.4, -0.2) is 39.2 Å². The third-order valence-corrected chi connectivity index (χ3v) is 3.85. The first kappa shape index (κ1) is 19.2. The van der Waals surface area contributed by atoms with Crippen molar-refractivity contribution in [1.29, 1.82) is 0 Å². The van der Waals surface area contributed by atoms with E-state index in [4.69, 9.17) is 5.11 Å². The van der Waals surface area contributed by atoms with E-state index in [0.29, 0.717) is 12.1 Å². The van der Waals surface area contributed by atoms with E-state index >= 15 is 0 Å². The number of benzene rings is 1. The SMILES string of the molecule is O=C(O)CNc1cccc(S(=O)C(F)(F)C(F)(F)C(F)(F)F)c1. The Morgan fingerprint density at radius 3 is 2.17 bits per heavy atom. The third-order valence-electron chi connectivity index (χ3n) is 2.45. The molecular formula is C11H8F7NO3S. The smallest absolute Gasteiger partial charge is 0.461 e. The maximum Gasteiger partial charge on any atom is 0.461 e. The van der Waals surface area contributed by atoms with Gasteiger partial charge in [0.2, 0.25) is 0 Å². The molecular weight excluding hydrogens is 359 g/mol. The summed E-state index contributed by atoms with van der Waals surface area (Å²) in [5, 5.41) is 4.68. The molecule has 0 fully saturated rings. The lowest BCUT2D eigenvalue weighted by Crippen LogP contribution is -2.54. The van der Waals surface area contributed by atoms with E-state index in [0.717, 1.165) is 12.1 Å². The van der Waals surface area contributed by atoms with Gasteiger partial charge in [0.25, 0.3) is 0 Å². The second kappa shape index (κ2) is 6.34. The van der Waals surface area contributed by atoms with E-state index in [1.54, 1.807) is 0 Å². The van der Waals surface area contributed by atoms with E-state index in [1.807, 2.05) is 0 Å². The Labute approximate surface area is 126 Å². The molecule has 0 bridgehead atoms. The summed E-state index contributed by atoms with van der Waals surface area (Å²) in [6.07, 6.45) is -6.59. The van der Waals surface area contributed by atoms with Crippen molar-refractivity contribution in [3.05, 3.63) is 24.3 Å². The molecule has 1 atom stereocenters. The maximum atomic E-state index is 13.3. The first-order valence-electron chi connectivity index (χ1n) is 5.60. The van der Waals surface area contributed by atoms with Crippen molar-refractivity contribution in [2.75, 3.05) is 11.9 Å². The number of carboxylic acid groups (broad SMARTS) is 1. The van der Waals surface area contributed by atoms with Crippen molar-refractivity contribution in [1.82, 2.24) is 0 Å². The molecule has 0 saturated carbocycles. The third kappa shape index (κ3) is 3.92. The summed E-state index contributed by atoms with van der Waals surface area (Å²) < 4.78 is 100.0. The van der Waals surface area contributed by atoms with Crippen LogP contribution in [0.3, 0.4) is 0 Å². The average Bonchev–Trinajstić information content (AvgIpc) is 2.43. The van der Waals surface area contributed by atoms with Gasteiger partial charge in [0.05, 0.1) is 0 Å². The molecule has 1 aromatic carbocycles. The molecule has 1 aromatic rings. The molecule has 130 valence electrons. The zero-order valence-electron chi connectivity index (χ0n) is 10.8. The Morgan fingerprint density at radius 1 is 1.13 bits per heavy atom. The molecule has 0 radical (unpaired) electrons. The Kier molecular flexibility index (Phi) is 5.29. The van der Waals surface area contributed by atoms with Crippen molar-refractivity contribution >= 4 is 22.5 Å². The fourth-order valence-electron chi connectivity index (χ4n) is 1.33. The number of carboxylic acids is 1. The molecule has 0 aliphatic heterocycles. The van der Waals surface area contributed by atoms with Crippen molar-refractivity contribution in [3.8, 4) is 0 Å². The van der Waals surface area contributed by atoms with Crippen molar-refractivity contribution in [3.63, 3.8) is 0 Å². The second-order valence-corrected chi connectivity index (χ2v) is 5.65. The normalized spacial score (nSPS) is 14.4. The fourth-order valence-corrected chi connectivity index (χ4v) is 2.41. The van der Waals surface area contributed by atoms with E-state index in [9.17, 15) is 39.7 Å². The lowest BCUT2D eigenvalue weighted by molar-refractivity contribution is -0.331. The van der Waals surface area contributed by atoms with Gasteiger partial charge in [0.1, 0.15) is 17.3 Å². The van der Waals surface area contributed by atoms with Crippen molar-refractivity contribution < 1.29 is 44.8 Å². The zero-order valence-corrected chi connectivity index (χ0v) is 11.7. The molecule has 0 aliphatic rings. The molecule has 4 nitrogen and oxygen atoms in total. The minimum absolute atomic E-state index is 0.190. The number of anilines is 1. The quantitative estimate of drug-likeness (QED) is 0.759. The highest BCUT2D eigenvalue weighted by Gasteiger charge is 2.75. The highest BCUT2D eigenvalue weighted by molar-refractivity contribution is 7.86. The molecule has 0 saturated heterocycles. The number of aliphatic carboxylic acids is 1. The molecule has 0 aliphatic carbocycles. The molecule has 12 heteroatoms. The number of nitrogens with one attached hydrogen (secondary N) is 1. The summed E-state index contributed by atoms with van der Waals surface area (Å²) in [5.41, 5.74) is -0.190. The molecule has 2 N–H and O–H groups in total. The van der Waals surface area contributed by atoms with Crippen LogP contribution in [-0.2, 0) is 15.6 Å². The molecule has 23 heavy (non-hydrogen) atoms. The maximum absolute atomic E-state index is 13.3. The molecule has 0 heterocycles. The van der Waals surface area contributed by atoms with Gasteiger partial charge in [-0.05, 0) is 18.2 Å². The largest absolute Gasteiger partial charge is 0.480 e. The highest BCUT2D eigenvalue weighted by Crippen LogP contribution is 2.49. The van der Waals surface area contributed by atoms with E-state index < -0.39 is 45.6 Å². The van der Waals surface area contributed by atoms with Crippen LogP contribution in [0.15, 0.2) is 29.2 Å². The van der Waals surface area contributed by atoms with Crippen molar-refractivity contribution in [2.24, 2.45) is 0 Å². The monoisotopic (exact) mass is 367 g/mol. The van der Waals surface area contributed by atoms with Gasteiger partial charge < -0.3 is 10.4 Å². The predicted octanol–water partition coefficient (Wildman–Crippen LogP) is 3.08. The number of halogens is 7. The molecule has 0 spiro atoms. The van der Waals surface area contributed by atoms with Gasteiger partial charge in [0, 0.05) is 10.6 Å². The second-order valence-electron chi connectivity index (χ2n) is 4.13. The van der Waals surface area contributed by atoms with Crippen LogP contribution in [0.2, 0.25) is 0 Å². The van der Waals surface area contributed by atoms with Gasteiger partial charge in [-0.1, -0.05) is 6.07 Å². The first-order chi connectivity index (χ1) is 10.3. The van der Waals surface area contributed by atoms with Crippen LogP contribution < -0.4 is 5.32 Å². The predicted molar refractivity (Wildman–Crippen MR) is 64.9 cm³/mol. The number of hydrogen-bond acceptors (Lipinski definition) is 3. The van der Waals surface area contributed by atoms with Gasteiger partial charge in [-0.15, -0.1) is 0 Å². The Bertz CT molecular complexity index is 618. The summed E-state index contributed by atoms with van der Waals surface area (Å²) in [7, 11) is -4.02.